The number of hydrogen-bond donors (Lipinski definition) is 0. The molecule has 0 amide bonds. The molecular weight excluding hydrogens is 394 g/mol. The second kappa shape index (κ2) is 8.48. The molecule has 3 nitrogen and oxygen atoms in total. The SMILES string of the molecule is CC(=O)O/N=C(\c1ccccc1)c1ccc2ccccc2c1-c1cccc2ccccc12. The molecule has 0 radical (unpaired) electrons. The Hall–Kier alpha value is -4.24. The molecule has 32 heavy (non-hydrogen) atoms. The van der Waals surface area contributed by atoms with E-state index in [0.717, 1.165) is 38.4 Å². The van der Waals surface area contributed by atoms with E-state index in [1.807, 2.05) is 48.5 Å². The Morgan fingerprint density at radius 1 is 0.656 bits per heavy atom. The summed E-state index contributed by atoms with van der Waals surface area (Å²) in [4.78, 5) is 16.8. The lowest BCUT2D eigenvalue weighted by Crippen LogP contribution is -2.08. The van der Waals surface area contributed by atoms with E-state index < -0.39 is 5.97 Å². The minimum Gasteiger partial charge on any atom is -0.318 e. The summed E-state index contributed by atoms with van der Waals surface area (Å²) in [6.45, 7) is 1.36. The van der Waals surface area contributed by atoms with Crippen LogP contribution in [0, 0.1) is 0 Å². The van der Waals surface area contributed by atoms with E-state index in [0.29, 0.717) is 5.71 Å². The molecule has 154 valence electrons. The Kier molecular flexibility index (Phi) is 5.22. The predicted molar refractivity (Wildman–Crippen MR) is 131 cm³/mol. The van der Waals surface area contributed by atoms with Crippen LogP contribution in [-0.4, -0.2) is 11.7 Å². The van der Waals surface area contributed by atoms with E-state index >= 15 is 0 Å². The normalized spacial score (nSPS) is 11.6. The maximum Gasteiger partial charge on any atom is 0.332 e. The van der Waals surface area contributed by atoms with Crippen LogP contribution >= 0.6 is 0 Å². The summed E-state index contributed by atoms with van der Waals surface area (Å²) in [5, 5.41) is 8.89. The minimum absolute atomic E-state index is 0.453. The lowest BCUT2D eigenvalue weighted by Gasteiger charge is -2.17. The molecular formula is C29H21NO2. The molecule has 0 aliphatic heterocycles. The summed E-state index contributed by atoms with van der Waals surface area (Å²) in [6, 6.07) is 37.0. The Morgan fingerprint density at radius 3 is 2.03 bits per heavy atom. The maximum absolute atomic E-state index is 11.6. The summed E-state index contributed by atoms with van der Waals surface area (Å²) in [5.74, 6) is -0.453. The predicted octanol–water partition coefficient (Wildman–Crippen LogP) is 6.98. The first-order chi connectivity index (χ1) is 15.7. The van der Waals surface area contributed by atoms with Crippen LogP contribution in [0.2, 0.25) is 0 Å². The zero-order valence-corrected chi connectivity index (χ0v) is 17.7. The summed E-state index contributed by atoms with van der Waals surface area (Å²) < 4.78 is 0. The number of nitrogens with zero attached hydrogens (tertiary/aromatic N) is 1. The van der Waals surface area contributed by atoms with E-state index in [9.17, 15) is 4.79 Å². The first kappa shape index (κ1) is 19.7. The molecule has 0 aromatic heterocycles. The average molecular weight is 415 g/mol. The van der Waals surface area contributed by atoms with Gasteiger partial charge in [0.2, 0.25) is 0 Å². The van der Waals surface area contributed by atoms with E-state index in [4.69, 9.17) is 4.84 Å². The van der Waals surface area contributed by atoms with Crippen LogP contribution in [0.15, 0.2) is 114 Å². The van der Waals surface area contributed by atoms with E-state index in [-0.39, 0.29) is 0 Å². The Balaban J connectivity index is 1.88. The minimum atomic E-state index is -0.453. The Morgan fingerprint density at radius 2 is 1.28 bits per heavy atom. The van der Waals surface area contributed by atoms with Gasteiger partial charge in [-0.3, -0.25) is 0 Å². The molecule has 0 atom stereocenters. The van der Waals surface area contributed by atoms with Crippen molar-refractivity contribution in [1.29, 1.82) is 0 Å². The molecule has 0 saturated heterocycles. The molecule has 5 aromatic carbocycles. The van der Waals surface area contributed by atoms with Crippen LogP contribution in [0.3, 0.4) is 0 Å². The molecule has 0 aliphatic rings. The van der Waals surface area contributed by atoms with Gasteiger partial charge in [-0.2, -0.15) is 0 Å². The fourth-order valence-corrected chi connectivity index (χ4v) is 4.17. The van der Waals surface area contributed by atoms with Crippen molar-refractivity contribution in [3.8, 4) is 11.1 Å². The molecule has 5 aromatic rings. The van der Waals surface area contributed by atoms with Gasteiger partial charge in [-0.15, -0.1) is 0 Å². The second-order valence-electron chi connectivity index (χ2n) is 7.62. The summed E-state index contributed by atoms with van der Waals surface area (Å²) in [5.41, 5.74) is 4.59. The maximum atomic E-state index is 11.6. The van der Waals surface area contributed by atoms with E-state index in [2.05, 4.69) is 65.8 Å². The van der Waals surface area contributed by atoms with Gasteiger partial charge in [0.05, 0.1) is 0 Å². The van der Waals surface area contributed by atoms with Gasteiger partial charge in [0.15, 0.2) is 0 Å². The second-order valence-corrected chi connectivity index (χ2v) is 7.62. The molecule has 3 heteroatoms. The lowest BCUT2D eigenvalue weighted by molar-refractivity contribution is -0.140. The van der Waals surface area contributed by atoms with Crippen LogP contribution in [0.25, 0.3) is 32.7 Å². The molecule has 0 aliphatic carbocycles. The molecule has 0 N–H and O–H groups in total. The van der Waals surface area contributed by atoms with Crippen LogP contribution < -0.4 is 0 Å². The largest absolute Gasteiger partial charge is 0.332 e. The number of oxime groups is 1. The van der Waals surface area contributed by atoms with Crippen LogP contribution in [-0.2, 0) is 9.63 Å². The van der Waals surface area contributed by atoms with Gasteiger partial charge >= 0.3 is 5.97 Å². The highest BCUT2D eigenvalue weighted by molar-refractivity contribution is 6.21. The molecule has 0 spiro atoms. The summed E-state index contributed by atoms with van der Waals surface area (Å²) in [6.07, 6.45) is 0. The van der Waals surface area contributed by atoms with Crippen molar-refractivity contribution in [2.45, 2.75) is 6.92 Å². The van der Waals surface area contributed by atoms with Gasteiger partial charge in [0, 0.05) is 18.1 Å². The summed E-state index contributed by atoms with van der Waals surface area (Å²) in [7, 11) is 0. The smallest absolute Gasteiger partial charge is 0.318 e. The fraction of sp³-hybridized carbons (Fsp3) is 0.0345. The molecule has 0 unspecified atom stereocenters. The van der Waals surface area contributed by atoms with E-state index in [1.54, 1.807) is 0 Å². The highest BCUT2D eigenvalue weighted by atomic mass is 16.7. The summed E-state index contributed by atoms with van der Waals surface area (Å²) >= 11 is 0. The number of carbonyl (C=O) groups excluding carboxylic acids is 1. The third-order valence-electron chi connectivity index (χ3n) is 5.56. The first-order valence-corrected chi connectivity index (χ1v) is 10.5. The van der Waals surface area contributed by atoms with Gasteiger partial charge < -0.3 is 4.84 Å². The van der Waals surface area contributed by atoms with Crippen molar-refractivity contribution in [3.63, 3.8) is 0 Å². The van der Waals surface area contributed by atoms with Crippen molar-refractivity contribution >= 4 is 33.2 Å². The molecule has 0 heterocycles. The molecule has 0 saturated carbocycles. The van der Waals surface area contributed by atoms with E-state index in [1.165, 1.54) is 12.3 Å². The number of benzene rings is 5. The van der Waals surface area contributed by atoms with Gasteiger partial charge in [-0.1, -0.05) is 114 Å². The Labute approximate surface area is 186 Å². The van der Waals surface area contributed by atoms with Crippen LogP contribution in [0.1, 0.15) is 18.1 Å². The third kappa shape index (κ3) is 3.65. The van der Waals surface area contributed by atoms with Gasteiger partial charge in [0.25, 0.3) is 0 Å². The van der Waals surface area contributed by atoms with Crippen molar-refractivity contribution in [2.75, 3.05) is 0 Å². The molecule has 5 rings (SSSR count). The monoisotopic (exact) mass is 415 g/mol. The topological polar surface area (TPSA) is 38.7 Å². The zero-order valence-electron chi connectivity index (χ0n) is 17.7. The highest BCUT2D eigenvalue weighted by Crippen LogP contribution is 2.37. The molecule has 0 bridgehead atoms. The van der Waals surface area contributed by atoms with Crippen LogP contribution in [0.5, 0.6) is 0 Å². The van der Waals surface area contributed by atoms with Crippen molar-refractivity contribution in [3.05, 3.63) is 120 Å². The Bertz CT molecular complexity index is 1460. The average Bonchev–Trinajstić information content (AvgIpc) is 2.84. The van der Waals surface area contributed by atoms with Gasteiger partial charge in [-0.05, 0) is 32.7 Å². The fourth-order valence-electron chi connectivity index (χ4n) is 4.17. The number of hydrogen-bond acceptors (Lipinski definition) is 3. The highest BCUT2D eigenvalue weighted by Gasteiger charge is 2.18. The van der Waals surface area contributed by atoms with Crippen molar-refractivity contribution in [2.24, 2.45) is 5.16 Å². The van der Waals surface area contributed by atoms with Crippen molar-refractivity contribution < 1.29 is 9.63 Å². The number of rotatable bonds is 4. The van der Waals surface area contributed by atoms with Crippen molar-refractivity contribution in [1.82, 2.24) is 0 Å². The van der Waals surface area contributed by atoms with Gasteiger partial charge in [-0.25, -0.2) is 4.79 Å². The van der Waals surface area contributed by atoms with Gasteiger partial charge in [0.1, 0.15) is 5.71 Å². The molecule has 0 fully saturated rings. The number of carbonyl (C=O) groups is 1. The standard InChI is InChI=1S/C29H21NO2/c1-20(31)32-30-29(23-12-3-2-4-13-23)27-19-18-22-11-6-8-16-25(22)28(27)26-17-9-14-21-10-5-7-15-24(21)26/h2-19H,1H3/b30-29+. The first-order valence-electron chi connectivity index (χ1n) is 10.5. The third-order valence-corrected chi connectivity index (χ3v) is 5.56. The quantitative estimate of drug-likeness (QED) is 0.180. The zero-order chi connectivity index (χ0) is 21.9. The lowest BCUT2D eigenvalue weighted by atomic mass is 9.87. The number of fused-ring (bicyclic) bond motifs is 2. The van der Waals surface area contributed by atoms with Crippen LogP contribution in [0.4, 0.5) is 0 Å².